The first-order chi connectivity index (χ1) is 14.8. The van der Waals surface area contributed by atoms with Gasteiger partial charge in [-0.1, -0.05) is 46.0 Å². The van der Waals surface area contributed by atoms with Crippen LogP contribution in [0.4, 0.5) is 0 Å². The number of carbonyl (C=O) groups excluding carboxylic acids is 4. The summed E-state index contributed by atoms with van der Waals surface area (Å²) in [7, 11) is 0. The Balaban J connectivity index is 2.04. The van der Waals surface area contributed by atoms with Crippen molar-refractivity contribution in [2.75, 3.05) is 0 Å². The van der Waals surface area contributed by atoms with E-state index in [0.29, 0.717) is 24.2 Å². The van der Waals surface area contributed by atoms with Crippen molar-refractivity contribution < 1.29 is 19.2 Å². The Labute approximate surface area is 184 Å². The summed E-state index contributed by atoms with van der Waals surface area (Å²) < 4.78 is 0. The Bertz CT molecular complexity index is 747. The van der Waals surface area contributed by atoms with Crippen molar-refractivity contribution in [1.82, 2.24) is 20.9 Å². The van der Waals surface area contributed by atoms with Crippen LogP contribution in [0.5, 0.6) is 0 Å². The van der Waals surface area contributed by atoms with Gasteiger partial charge in [-0.25, -0.2) is 0 Å². The maximum Gasteiger partial charge on any atom is 0.252 e. The zero-order chi connectivity index (χ0) is 22.8. The zero-order valence-corrected chi connectivity index (χ0v) is 18.6. The summed E-state index contributed by atoms with van der Waals surface area (Å²) in [5.41, 5.74) is 0.424. The molecular formula is C23H34N4O4. The van der Waals surface area contributed by atoms with Gasteiger partial charge in [-0.2, -0.15) is 0 Å². The second-order valence-electron chi connectivity index (χ2n) is 8.65. The molecule has 170 valence electrons. The molecule has 0 aliphatic heterocycles. The minimum atomic E-state index is -0.833. The quantitative estimate of drug-likeness (QED) is 0.491. The lowest BCUT2D eigenvalue weighted by atomic mass is 9.84. The molecule has 3 amide bonds. The lowest BCUT2D eigenvalue weighted by molar-refractivity contribution is -0.131. The maximum absolute atomic E-state index is 13.0. The van der Waals surface area contributed by atoms with Crippen LogP contribution in [0.1, 0.15) is 69.7 Å². The van der Waals surface area contributed by atoms with Gasteiger partial charge < -0.3 is 20.7 Å². The molecule has 31 heavy (non-hydrogen) atoms. The third kappa shape index (κ3) is 7.77. The molecule has 0 spiro atoms. The van der Waals surface area contributed by atoms with Crippen LogP contribution in [0.25, 0.3) is 0 Å². The van der Waals surface area contributed by atoms with Gasteiger partial charge in [0.15, 0.2) is 0 Å². The van der Waals surface area contributed by atoms with Crippen molar-refractivity contribution in [1.29, 1.82) is 0 Å². The van der Waals surface area contributed by atoms with Crippen molar-refractivity contribution in [3.05, 3.63) is 30.1 Å². The largest absolute Gasteiger partial charge is 0.345 e. The van der Waals surface area contributed by atoms with Crippen LogP contribution in [0.2, 0.25) is 0 Å². The van der Waals surface area contributed by atoms with Crippen LogP contribution in [-0.2, 0) is 14.4 Å². The van der Waals surface area contributed by atoms with Crippen LogP contribution in [0.3, 0.4) is 0 Å². The highest BCUT2D eigenvalue weighted by Crippen LogP contribution is 2.27. The van der Waals surface area contributed by atoms with E-state index in [4.69, 9.17) is 0 Å². The summed E-state index contributed by atoms with van der Waals surface area (Å²) in [6.45, 7) is 5.23. The molecule has 0 saturated heterocycles. The van der Waals surface area contributed by atoms with Gasteiger partial charge in [0.1, 0.15) is 18.4 Å². The number of carbonyl (C=O) groups is 4. The molecule has 0 bridgehead atoms. The molecule has 1 aliphatic rings. The Morgan fingerprint density at radius 3 is 2.23 bits per heavy atom. The van der Waals surface area contributed by atoms with E-state index in [9.17, 15) is 19.2 Å². The Hall–Kier alpha value is -2.77. The number of pyridine rings is 1. The topological polar surface area (TPSA) is 117 Å². The average molecular weight is 431 g/mol. The van der Waals surface area contributed by atoms with E-state index in [0.717, 1.165) is 25.7 Å². The predicted molar refractivity (Wildman–Crippen MR) is 117 cm³/mol. The van der Waals surface area contributed by atoms with Gasteiger partial charge in [0.2, 0.25) is 11.8 Å². The second-order valence-corrected chi connectivity index (χ2v) is 8.65. The molecule has 1 aliphatic carbocycles. The molecule has 3 atom stereocenters. The highest BCUT2D eigenvalue weighted by molar-refractivity contribution is 5.98. The lowest BCUT2D eigenvalue weighted by Gasteiger charge is -2.28. The Morgan fingerprint density at radius 2 is 1.65 bits per heavy atom. The smallest absolute Gasteiger partial charge is 0.252 e. The highest BCUT2D eigenvalue weighted by Gasteiger charge is 2.29. The fraction of sp³-hybridized carbons (Fsp3) is 0.609. The monoisotopic (exact) mass is 430 g/mol. The number of hydrogen-bond donors (Lipinski definition) is 3. The molecule has 3 N–H and O–H groups in total. The van der Waals surface area contributed by atoms with E-state index in [1.54, 1.807) is 19.1 Å². The van der Waals surface area contributed by atoms with E-state index in [-0.39, 0.29) is 11.8 Å². The highest BCUT2D eigenvalue weighted by atomic mass is 16.2. The summed E-state index contributed by atoms with van der Waals surface area (Å²) in [6, 6.07) is 0.987. The Kier molecular flexibility index (Phi) is 9.62. The minimum absolute atomic E-state index is 0.0527. The second kappa shape index (κ2) is 12.2. The van der Waals surface area contributed by atoms with Gasteiger partial charge in [-0.3, -0.25) is 19.4 Å². The fourth-order valence-corrected chi connectivity index (χ4v) is 3.76. The first-order valence-corrected chi connectivity index (χ1v) is 11.1. The first-order valence-electron chi connectivity index (χ1n) is 11.1. The van der Waals surface area contributed by atoms with Crippen LogP contribution in [-0.4, -0.2) is 47.1 Å². The molecule has 8 nitrogen and oxygen atoms in total. The number of aromatic nitrogens is 1. The van der Waals surface area contributed by atoms with Gasteiger partial charge in [0.05, 0.1) is 6.04 Å². The summed E-state index contributed by atoms with van der Waals surface area (Å²) in [5.74, 6) is -0.884. The van der Waals surface area contributed by atoms with E-state index in [2.05, 4.69) is 20.9 Å². The third-order valence-corrected chi connectivity index (χ3v) is 5.78. The molecule has 1 heterocycles. The number of nitrogens with zero attached hydrogens (tertiary/aromatic N) is 1. The standard InChI is InChI=1S/C23H34N4O4/c1-15(2)20(14-28)27-21(29)16(3)25-23(31)19(13-17-7-5-4-6-8-17)26-22(30)18-9-11-24-12-10-18/h9-12,14-17,19-20H,4-8,13H2,1-3H3,(H,25,31)(H,26,30)(H,27,29). The summed E-state index contributed by atoms with van der Waals surface area (Å²) in [6.07, 6.45) is 9.77. The molecule has 1 aromatic rings. The number of hydrogen-bond acceptors (Lipinski definition) is 5. The Morgan fingerprint density at radius 1 is 1.00 bits per heavy atom. The van der Waals surface area contributed by atoms with Gasteiger partial charge in [-0.15, -0.1) is 0 Å². The van der Waals surface area contributed by atoms with E-state index in [1.807, 2.05) is 13.8 Å². The van der Waals surface area contributed by atoms with Gasteiger partial charge in [0.25, 0.3) is 5.91 Å². The van der Waals surface area contributed by atoms with E-state index in [1.165, 1.54) is 18.8 Å². The summed E-state index contributed by atoms with van der Waals surface area (Å²) in [4.78, 5) is 53.1. The van der Waals surface area contributed by atoms with Crippen LogP contribution >= 0.6 is 0 Å². The molecule has 1 aromatic heterocycles. The van der Waals surface area contributed by atoms with Gasteiger partial charge in [0, 0.05) is 18.0 Å². The normalized spacial score (nSPS) is 17.3. The molecular weight excluding hydrogens is 396 g/mol. The van der Waals surface area contributed by atoms with Crippen LogP contribution < -0.4 is 16.0 Å². The predicted octanol–water partition coefficient (Wildman–Crippen LogP) is 1.99. The molecule has 0 aromatic carbocycles. The SMILES string of the molecule is CC(NC(=O)C(CC1CCCCC1)NC(=O)c1ccncc1)C(=O)NC(C=O)C(C)C. The van der Waals surface area contributed by atoms with Crippen molar-refractivity contribution in [3.8, 4) is 0 Å². The number of amides is 3. The third-order valence-electron chi connectivity index (χ3n) is 5.78. The van der Waals surface area contributed by atoms with Crippen molar-refractivity contribution in [2.45, 2.75) is 77.4 Å². The molecule has 8 heteroatoms. The van der Waals surface area contributed by atoms with E-state index >= 15 is 0 Å². The molecule has 0 radical (unpaired) electrons. The molecule has 2 rings (SSSR count). The van der Waals surface area contributed by atoms with E-state index < -0.39 is 29.9 Å². The summed E-state index contributed by atoms with van der Waals surface area (Å²) in [5, 5.41) is 8.17. The zero-order valence-electron chi connectivity index (χ0n) is 18.6. The van der Waals surface area contributed by atoms with Gasteiger partial charge >= 0.3 is 0 Å². The average Bonchev–Trinajstić information content (AvgIpc) is 2.77. The van der Waals surface area contributed by atoms with Crippen molar-refractivity contribution in [3.63, 3.8) is 0 Å². The van der Waals surface area contributed by atoms with Crippen LogP contribution in [0, 0.1) is 11.8 Å². The number of nitrogens with one attached hydrogen (secondary N) is 3. The van der Waals surface area contributed by atoms with Crippen molar-refractivity contribution in [2.24, 2.45) is 11.8 Å². The molecule has 3 unspecified atom stereocenters. The van der Waals surface area contributed by atoms with Crippen molar-refractivity contribution >= 4 is 24.0 Å². The number of rotatable bonds is 10. The maximum atomic E-state index is 13.0. The van der Waals surface area contributed by atoms with Gasteiger partial charge in [-0.05, 0) is 37.3 Å². The fourth-order valence-electron chi connectivity index (χ4n) is 3.76. The summed E-state index contributed by atoms with van der Waals surface area (Å²) >= 11 is 0. The number of aldehydes is 1. The molecule has 1 fully saturated rings. The lowest BCUT2D eigenvalue weighted by Crippen LogP contribution is -2.55. The van der Waals surface area contributed by atoms with Crippen LogP contribution in [0.15, 0.2) is 24.5 Å². The molecule has 1 saturated carbocycles. The first kappa shape index (κ1) is 24.5. The minimum Gasteiger partial charge on any atom is -0.345 e.